The Bertz CT molecular complexity index is 725. The Balaban J connectivity index is 1.59. The van der Waals surface area contributed by atoms with Crippen LogP contribution in [-0.2, 0) is 9.53 Å². The van der Waals surface area contributed by atoms with Crippen LogP contribution in [0, 0.1) is 5.92 Å². The van der Waals surface area contributed by atoms with Gasteiger partial charge in [0.15, 0.2) is 0 Å². The summed E-state index contributed by atoms with van der Waals surface area (Å²) in [6.07, 6.45) is 7.09. The molecule has 0 aromatic carbocycles. The molecule has 23 heavy (non-hydrogen) atoms. The number of nitrogens with zero attached hydrogens (tertiary/aromatic N) is 2. The van der Waals surface area contributed by atoms with Gasteiger partial charge in [-0.25, -0.2) is 4.98 Å². The van der Waals surface area contributed by atoms with Crippen LogP contribution >= 0.6 is 11.6 Å². The van der Waals surface area contributed by atoms with Crippen molar-refractivity contribution in [2.24, 2.45) is 5.92 Å². The minimum absolute atomic E-state index is 0.0302. The molecule has 0 radical (unpaired) electrons. The third-order valence-corrected chi connectivity index (χ3v) is 4.88. The molecule has 2 aliphatic rings. The Kier molecular flexibility index (Phi) is 3.75. The van der Waals surface area contributed by atoms with E-state index in [0.717, 1.165) is 18.4 Å². The van der Waals surface area contributed by atoms with Crippen LogP contribution in [0.1, 0.15) is 24.3 Å². The van der Waals surface area contributed by atoms with Crippen molar-refractivity contribution in [1.29, 1.82) is 0 Å². The quantitative estimate of drug-likeness (QED) is 0.940. The van der Waals surface area contributed by atoms with E-state index in [9.17, 15) is 4.79 Å². The maximum atomic E-state index is 12.8. The third kappa shape index (κ3) is 2.71. The number of carbonyl (C=O) groups is 1. The van der Waals surface area contributed by atoms with Gasteiger partial charge in [0.2, 0.25) is 5.91 Å². The summed E-state index contributed by atoms with van der Waals surface area (Å²) < 4.78 is 6.01. The predicted molar refractivity (Wildman–Crippen MR) is 86.2 cm³/mol. The van der Waals surface area contributed by atoms with Crippen LogP contribution in [0.5, 0.6) is 0 Å². The summed E-state index contributed by atoms with van der Waals surface area (Å²) in [7, 11) is 0. The Morgan fingerprint density at radius 1 is 1.17 bits per heavy atom. The first-order valence-electron chi connectivity index (χ1n) is 7.70. The fourth-order valence-corrected chi connectivity index (χ4v) is 3.86. The second-order valence-electron chi connectivity index (χ2n) is 5.97. The summed E-state index contributed by atoms with van der Waals surface area (Å²) in [6.45, 7) is 0. The number of fused-ring (bicyclic) bond motifs is 2. The molecule has 4 heterocycles. The fraction of sp³-hybridized carbons (Fsp3) is 0.353. The molecule has 4 atom stereocenters. The van der Waals surface area contributed by atoms with Crippen LogP contribution in [0.25, 0.3) is 0 Å². The zero-order valence-corrected chi connectivity index (χ0v) is 13.1. The Hall–Kier alpha value is -1.98. The van der Waals surface area contributed by atoms with Gasteiger partial charge in [-0.15, -0.1) is 0 Å². The first kappa shape index (κ1) is 14.6. The van der Waals surface area contributed by atoms with Gasteiger partial charge in [0, 0.05) is 29.5 Å². The average Bonchev–Trinajstić information content (AvgIpc) is 3.16. The van der Waals surface area contributed by atoms with Crippen LogP contribution in [0.3, 0.4) is 0 Å². The van der Waals surface area contributed by atoms with E-state index < -0.39 is 0 Å². The third-order valence-electron chi connectivity index (χ3n) is 4.64. The first-order valence-corrected chi connectivity index (χ1v) is 8.08. The maximum absolute atomic E-state index is 12.8. The summed E-state index contributed by atoms with van der Waals surface area (Å²) >= 11 is 5.95. The summed E-state index contributed by atoms with van der Waals surface area (Å²) in [6, 6.07) is 7.26. The topological polar surface area (TPSA) is 64.1 Å². The van der Waals surface area contributed by atoms with Gasteiger partial charge in [-0.05, 0) is 42.7 Å². The van der Waals surface area contributed by atoms with Crippen LogP contribution in [0.4, 0.5) is 5.82 Å². The molecule has 4 rings (SSSR count). The zero-order chi connectivity index (χ0) is 15.8. The van der Waals surface area contributed by atoms with Gasteiger partial charge in [0.25, 0.3) is 0 Å². The summed E-state index contributed by atoms with van der Waals surface area (Å²) in [5.41, 5.74) is 1.10. The number of carbonyl (C=O) groups excluding carboxylic acids is 1. The van der Waals surface area contributed by atoms with Crippen LogP contribution in [-0.4, -0.2) is 28.1 Å². The number of hydrogen-bond donors (Lipinski definition) is 1. The van der Waals surface area contributed by atoms with Crippen molar-refractivity contribution in [3.8, 4) is 0 Å². The highest BCUT2D eigenvalue weighted by Gasteiger charge is 2.52. The molecule has 0 spiro atoms. The second kappa shape index (κ2) is 5.91. The lowest BCUT2D eigenvalue weighted by atomic mass is 9.75. The van der Waals surface area contributed by atoms with Gasteiger partial charge in [0.05, 0.1) is 18.1 Å². The number of nitrogens with one attached hydrogen (secondary N) is 1. The highest BCUT2D eigenvalue weighted by molar-refractivity contribution is 6.30. The number of pyridine rings is 2. The molecule has 5 nitrogen and oxygen atoms in total. The number of anilines is 1. The van der Waals surface area contributed by atoms with E-state index >= 15 is 0 Å². The normalized spacial score (nSPS) is 28.7. The van der Waals surface area contributed by atoms with E-state index in [1.165, 1.54) is 0 Å². The molecule has 2 aromatic rings. The van der Waals surface area contributed by atoms with Gasteiger partial charge in [-0.2, -0.15) is 0 Å². The van der Waals surface area contributed by atoms with Gasteiger partial charge in [-0.1, -0.05) is 11.6 Å². The largest absolute Gasteiger partial charge is 0.373 e. The van der Waals surface area contributed by atoms with Gasteiger partial charge in [0.1, 0.15) is 5.82 Å². The van der Waals surface area contributed by atoms with E-state index in [0.29, 0.717) is 10.8 Å². The Morgan fingerprint density at radius 2 is 1.96 bits per heavy atom. The van der Waals surface area contributed by atoms with Gasteiger partial charge >= 0.3 is 0 Å². The Morgan fingerprint density at radius 3 is 2.74 bits per heavy atom. The molecule has 1 amide bonds. The summed E-state index contributed by atoms with van der Waals surface area (Å²) in [5.74, 6) is 0.264. The molecule has 0 saturated carbocycles. The molecular weight excluding hydrogens is 314 g/mol. The SMILES string of the molecule is O=C(Nc1cc(Cl)ccn1)C1C2CCC(O2)C1c1ccncc1. The van der Waals surface area contributed by atoms with Crippen molar-refractivity contribution in [2.75, 3.05) is 5.32 Å². The number of amides is 1. The van der Waals surface area contributed by atoms with Crippen LogP contribution in [0.2, 0.25) is 5.02 Å². The zero-order valence-electron chi connectivity index (χ0n) is 12.4. The van der Waals surface area contributed by atoms with Crippen molar-refractivity contribution >= 4 is 23.3 Å². The number of ether oxygens (including phenoxy) is 1. The van der Waals surface area contributed by atoms with E-state index in [-0.39, 0.29) is 30.0 Å². The minimum Gasteiger partial charge on any atom is -0.373 e. The highest BCUT2D eigenvalue weighted by atomic mass is 35.5. The minimum atomic E-state index is -0.211. The van der Waals surface area contributed by atoms with E-state index in [4.69, 9.17) is 16.3 Å². The lowest BCUT2D eigenvalue weighted by Crippen LogP contribution is -2.36. The number of aromatic nitrogens is 2. The molecule has 2 bridgehead atoms. The van der Waals surface area contributed by atoms with E-state index in [2.05, 4.69) is 15.3 Å². The maximum Gasteiger partial charge on any atom is 0.231 e. The second-order valence-corrected chi connectivity index (χ2v) is 6.41. The van der Waals surface area contributed by atoms with Crippen molar-refractivity contribution < 1.29 is 9.53 Å². The number of hydrogen-bond acceptors (Lipinski definition) is 4. The molecule has 2 fully saturated rings. The summed E-state index contributed by atoms with van der Waals surface area (Å²) in [4.78, 5) is 21.0. The summed E-state index contributed by atoms with van der Waals surface area (Å²) in [5, 5.41) is 3.43. The number of rotatable bonds is 3. The van der Waals surface area contributed by atoms with E-state index in [1.54, 1.807) is 30.7 Å². The van der Waals surface area contributed by atoms with E-state index in [1.807, 2.05) is 12.1 Å². The fourth-order valence-electron chi connectivity index (χ4n) is 3.70. The average molecular weight is 330 g/mol. The molecule has 4 unspecified atom stereocenters. The van der Waals surface area contributed by atoms with Crippen molar-refractivity contribution in [3.63, 3.8) is 0 Å². The molecule has 2 aromatic heterocycles. The monoisotopic (exact) mass is 329 g/mol. The predicted octanol–water partition coefficient (Wildman–Crippen LogP) is 3.03. The molecule has 6 heteroatoms. The van der Waals surface area contributed by atoms with Gasteiger partial charge in [-0.3, -0.25) is 9.78 Å². The lowest BCUT2D eigenvalue weighted by molar-refractivity contribution is -0.121. The molecule has 0 aliphatic carbocycles. The molecule has 118 valence electrons. The standard InChI is InChI=1S/C17H16ClN3O2/c18-11-5-8-20-14(9-11)21-17(22)16-13-2-1-12(23-13)15(16)10-3-6-19-7-4-10/h3-9,12-13,15-16H,1-2H2,(H,20,21,22). The number of halogens is 1. The van der Waals surface area contributed by atoms with Crippen molar-refractivity contribution in [1.82, 2.24) is 9.97 Å². The molecule has 2 aliphatic heterocycles. The van der Waals surface area contributed by atoms with Crippen molar-refractivity contribution in [3.05, 3.63) is 53.4 Å². The Labute approximate surface area is 139 Å². The smallest absolute Gasteiger partial charge is 0.231 e. The lowest BCUT2D eigenvalue weighted by Gasteiger charge is -2.27. The first-order chi connectivity index (χ1) is 11.2. The van der Waals surface area contributed by atoms with Crippen LogP contribution < -0.4 is 5.32 Å². The molecular formula is C17H16ClN3O2. The van der Waals surface area contributed by atoms with Crippen LogP contribution in [0.15, 0.2) is 42.9 Å². The molecule has 1 N–H and O–H groups in total. The van der Waals surface area contributed by atoms with Crippen molar-refractivity contribution in [2.45, 2.75) is 31.0 Å². The van der Waals surface area contributed by atoms with Gasteiger partial charge < -0.3 is 10.1 Å². The molecule has 2 saturated heterocycles. The highest BCUT2D eigenvalue weighted by Crippen LogP contribution is 2.49.